The molecule has 1 aliphatic rings. The molecule has 7 heteroatoms. The summed E-state index contributed by atoms with van der Waals surface area (Å²) in [5, 5.41) is 7.46. The van der Waals surface area contributed by atoms with E-state index in [1.807, 2.05) is 35.7 Å². The van der Waals surface area contributed by atoms with Gasteiger partial charge in [-0.1, -0.05) is 41.9 Å². The summed E-state index contributed by atoms with van der Waals surface area (Å²) in [7, 11) is 0. The molecule has 0 bridgehead atoms. The van der Waals surface area contributed by atoms with Gasteiger partial charge in [0.25, 0.3) is 0 Å². The summed E-state index contributed by atoms with van der Waals surface area (Å²) in [6.45, 7) is 0.881. The second kappa shape index (κ2) is 7.02. The van der Waals surface area contributed by atoms with E-state index in [0.29, 0.717) is 23.1 Å². The van der Waals surface area contributed by atoms with E-state index in [1.165, 1.54) is 11.3 Å². The van der Waals surface area contributed by atoms with Crippen molar-refractivity contribution in [1.82, 2.24) is 10.2 Å². The van der Waals surface area contributed by atoms with Crippen LogP contribution in [0, 0.1) is 0 Å². The molecule has 23 heavy (non-hydrogen) atoms. The lowest BCUT2D eigenvalue weighted by molar-refractivity contribution is -0.121. The van der Waals surface area contributed by atoms with Gasteiger partial charge in [-0.2, -0.15) is 0 Å². The molecule has 1 fully saturated rings. The minimum atomic E-state index is -0.295. The van der Waals surface area contributed by atoms with E-state index in [1.54, 1.807) is 11.0 Å². The lowest BCUT2D eigenvalue weighted by Crippen LogP contribution is -2.39. The fraction of sp³-hybridized carbons (Fsp3) is 0.250. The van der Waals surface area contributed by atoms with Crippen LogP contribution >= 0.6 is 22.9 Å². The number of rotatable bonds is 2. The van der Waals surface area contributed by atoms with E-state index in [2.05, 4.69) is 10.6 Å². The first kappa shape index (κ1) is 15.8. The van der Waals surface area contributed by atoms with Gasteiger partial charge in [0.05, 0.1) is 18.2 Å². The standard InChI is InChI=1S/C16H16ClN3O2S/c17-15-12(6-9-23-15)19-16(22)20-8-7-18-14(21)10-13(20)11-4-2-1-3-5-11/h1-6,9,13H,7-8,10H2,(H,18,21)(H,19,22)/t13-/m0/s1. The molecule has 2 heterocycles. The van der Waals surface area contributed by atoms with Gasteiger partial charge in [-0.05, 0) is 17.0 Å². The lowest BCUT2D eigenvalue weighted by Gasteiger charge is -2.29. The first-order chi connectivity index (χ1) is 11.1. The zero-order valence-corrected chi connectivity index (χ0v) is 13.9. The number of anilines is 1. The van der Waals surface area contributed by atoms with E-state index >= 15 is 0 Å². The van der Waals surface area contributed by atoms with Gasteiger partial charge < -0.3 is 15.5 Å². The quantitative estimate of drug-likeness (QED) is 0.871. The second-order valence-electron chi connectivity index (χ2n) is 5.21. The zero-order valence-electron chi connectivity index (χ0n) is 12.3. The van der Waals surface area contributed by atoms with Gasteiger partial charge in [0.1, 0.15) is 4.34 Å². The number of urea groups is 1. The number of thiophene rings is 1. The highest BCUT2D eigenvalue weighted by atomic mass is 35.5. The van der Waals surface area contributed by atoms with Gasteiger partial charge in [0.2, 0.25) is 5.91 Å². The molecule has 1 atom stereocenters. The molecule has 0 spiro atoms. The van der Waals surface area contributed by atoms with Gasteiger partial charge in [-0.3, -0.25) is 4.79 Å². The van der Waals surface area contributed by atoms with Crippen molar-refractivity contribution in [2.75, 3.05) is 18.4 Å². The Bertz CT molecular complexity index is 704. The molecule has 2 aromatic rings. The number of amides is 3. The Morgan fingerprint density at radius 2 is 2.09 bits per heavy atom. The molecule has 5 nitrogen and oxygen atoms in total. The Morgan fingerprint density at radius 1 is 1.30 bits per heavy atom. The summed E-state index contributed by atoms with van der Waals surface area (Å²) in [5.74, 6) is -0.0530. The molecule has 3 amide bonds. The first-order valence-electron chi connectivity index (χ1n) is 7.27. The van der Waals surface area contributed by atoms with Crippen LogP contribution in [-0.4, -0.2) is 29.9 Å². The highest BCUT2D eigenvalue weighted by Gasteiger charge is 2.30. The van der Waals surface area contributed by atoms with Gasteiger partial charge in [0.15, 0.2) is 0 Å². The monoisotopic (exact) mass is 349 g/mol. The molecule has 0 saturated carbocycles. The smallest absolute Gasteiger partial charge is 0.322 e. The predicted molar refractivity (Wildman–Crippen MR) is 91.9 cm³/mol. The average Bonchev–Trinajstić information content (AvgIpc) is 2.84. The maximum absolute atomic E-state index is 12.7. The van der Waals surface area contributed by atoms with Crippen molar-refractivity contribution < 1.29 is 9.59 Å². The molecule has 2 N–H and O–H groups in total. The van der Waals surface area contributed by atoms with E-state index in [0.717, 1.165) is 5.56 Å². The highest BCUT2D eigenvalue weighted by molar-refractivity contribution is 7.15. The number of hydrogen-bond acceptors (Lipinski definition) is 3. The molecule has 0 radical (unpaired) electrons. The summed E-state index contributed by atoms with van der Waals surface area (Å²) >= 11 is 7.41. The summed E-state index contributed by atoms with van der Waals surface area (Å²) in [5.41, 5.74) is 1.54. The second-order valence-corrected chi connectivity index (χ2v) is 6.73. The molecule has 3 rings (SSSR count). The molecule has 1 aromatic heterocycles. The van der Waals surface area contributed by atoms with Crippen LogP contribution < -0.4 is 10.6 Å². The minimum absolute atomic E-state index is 0.0530. The van der Waals surface area contributed by atoms with Crippen molar-refractivity contribution in [1.29, 1.82) is 0 Å². The number of nitrogens with zero attached hydrogens (tertiary/aromatic N) is 1. The number of nitrogens with one attached hydrogen (secondary N) is 2. The number of carbonyl (C=O) groups is 2. The largest absolute Gasteiger partial charge is 0.354 e. The van der Waals surface area contributed by atoms with Crippen LogP contribution in [0.25, 0.3) is 0 Å². The van der Waals surface area contributed by atoms with Crippen LogP contribution in [0.15, 0.2) is 41.8 Å². The first-order valence-corrected chi connectivity index (χ1v) is 8.53. The number of hydrogen-bond donors (Lipinski definition) is 2. The van der Waals surface area contributed by atoms with Crippen LogP contribution in [-0.2, 0) is 4.79 Å². The Labute approximate surface area is 143 Å². The SMILES string of the molecule is O=C1C[C@@H](c2ccccc2)N(C(=O)Nc2ccsc2Cl)CCN1. The molecular formula is C16H16ClN3O2S. The lowest BCUT2D eigenvalue weighted by atomic mass is 10.0. The summed E-state index contributed by atoms with van der Waals surface area (Å²) < 4.78 is 0.540. The van der Waals surface area contributed by atoms with Gasteiger partial charge in [-0.15, -0.1) is 11.3 Å². The Kier molecular flexibility index (Phi) is 4.83. The van der Waals surface area contributed by atoms with E-state index in [9.17, 15) is 9.59 Å². The Balaban J connectivity index is 1.85. The highest BCUT2D eigenvalue weighted by Crippen LogP contribution is 2.30. The predicted octanol–water partition coefficient (Wildman–Crippen LogP) is 3.50. The molecule has 1 aliphatic heterocycles. The van der Waals surface area contributed by atoms with Crippen LogP contribution in [0.4, 0.5) is 10.5 Å². The molecule has 1 aromatic carbocycles. The van der Waals surface area contributed by atoms with E-state index < -0.39 is 0 Å². The van der Waals surface area contributed by atoms with Crippen molar-refractivity contribution >= 4 is 40.6 Å². The third-order valence-corrected chi connectivity index (χ3v) is 4.90. The van der Waals surface area contributed by atoms with Crippen molar-refractivity contribution in [2.45, 2.75) is 12.5 Å². The minimum Gasteiger partial charge on any atom is -0.354 e. The number of carbonyl (C=O) groups excluding carboxylic acids is 2. The van der Waals surface area contributed by atoms with Crippen LogP contribution in [0.2, 0.25) is 4.34 Å². The normalized spacial score (nSPS) is 18.2. The fourth-order valence-electron chi connectivity index (χ4n) is 2.61. The van der Waals surface area contributed by atoms with Crippen LogP contribution in [0.5, 0.6) is 0 Å². The van der Waals surface area contributed by atoms with Crippen molar-refractivity contribution in [3.05, 3.63) is 51.7 Å². The van der Waals surface area contributed by atoms with Crippen molar-refractivity contribution in [3.63, 3.8) is 0 Å². The molecule has 1 saturated heterocycles. The van der Waals surface area contributed by atoms with Gasteiger partial charge in [-0.25, -0.2) is 4.79 Å². The average molecular weight is 350 g/mol. The molecular weight excluding hydrogens is 334 g/mol. The molecule has 0 aliphatic carbocycles. The molecule has 120 valence electrons. The fourth-order valence-corrected chi connectivity index (χ4v) is 3.45. The van der Waals surface area contributed by atoms with E-state index in [-0.39, 0.29) is 24.4 Å². The van der Waals surface area contributed by atoms with Crippen LogP contribution in [0.3, 0.4) is 0 Å². The Morgan fingerprint density at radius 3 is 2.78 bits per heavy atom. The summed E-state index contributed by atoms with van der Waals surface area (Å²) in [6.07, 6.45) is 0.245. The third kappa shape index (κ3) is 3.65. The van der Waals surface area contributed by atoms with Crippen LogP contribution in [0.1, 0.15) is 18.0 Å². The van der Waals surface area contributed by atoms with Crippen molar-refractivity contribution in [2.24, 2.45) is 0 Å². The van der Waals surface area contributed by atoms with E-state index in [4.69, 9.17) is 11.6 Å². The van der Waals surface area contributed by atoms with Gasteiger partial charge >= 0.3 is 6.03 Å². The number of halogens is 1. The maximum atomic E-state index is 12.7. The maximum Gasteiger partial charge on any atom is 0.322 e. The summed E-state index contributed by atoms with van der Waals surface area (Å²) in [4.78, 5) is 26.3. The zero-order chi connectivity index (χ0) is 16.2. The third-order valence-electron chi connectivity index (χ3n) is 3.73. The topological polar surface area (TPSA) is 61.4 Å². The summed E-state index contributed by atoms with van der Waals surface area (Å²) in [6, 6.07) is 10.8. The van der Waals surface area contributed by atoms with Crippen molar-refractivity contribution in [3.8, 4) is 0 Å². The number of benzene rings is 1. The molecule has 0 unspecified atom stereocenters. The van der Waals surface area contributed by atoms with Gasteiger partial charge in [0, 0.05) is 13.1 Å². The Hall–Kier alpha value is -2.05.